The molecule has 1 unspecified atom stereocenters. The summed E-state index contributed by atoms with van der Waals surface area (Å²) in [6.07, 6.45) is 0.576. The van der Waals surface area contributed by atoms with Crippen molar-refractivity contribution in [3.8, 4) is 6.07 Å². The Morgan fingerprint density at radius 1 is 1.43 bits per heavy atom. The molecule has 1 heterocycles. The van der Waals surface area contributed by atoms with Crippen molar-refractivity contribution >= 4 is 0 Å². The molecule has 1 aliphatic rings. The van der Waals surface area contributed by atoms with Gasteiger partial charge in [0.25, 0.3) is 0 Å². The first-order valence-corrected chi connectivity index (χ1v) is 4.87. The van der Waals surface area contributed by atoms with Gasteiger partial charge < -0.3 is 14.6 Å². The normalized spacial score (nSPS) is 25.9. The lowest BCUT2D eigenvalue weighted by Gasteiger charge is -2.37. The lowest BCUT2D eigenvalue weighted by molar-refractivity contribution is -0.117. The summed E-state index contributed by atoms with van der Waals surface area (Å²) in [5, 5.41) is 19.4. The van der Waals surface area contributed by atoms with Crippen molar-refractivity contribution in [2.45, 2.75) is 25.9 Å². The summed E-state index contributed by atoms with van der Waals surface area (Å²) < 4.78 is 10.5. The summed E-state index contributed by atoms with van der Waals surface area (Å²) >= 11 is 0. The summed E-state index contributed by atoms with van der Waals surface area (Å²) in [7, 11) is 0. The van der Waals surface area contributed by atoms with Crippen LogP contribution in [0, 0.1) is 16.7 Å². The molecule has 1 atom stereocenters. The number of rotatable bonds is 2. The van der Waals surface area contributed by atoms with Crippen LogP contribution in [0.15, 0.2) is 0 Å². The summed E-state index contributed by atoms with van der Waals surface area (Å²) in [6, 6.07) is 2.16. The van der Waals surface area contributed by atoms with E-state index in [4.69, 9.17) is 14.7 Å². The number of hydrogen-bond acceptors (Lipinski definition) is 4. The molecule has 4 heteroatoms. The number of ether oxygens (including phenoxy) is 2. The predicted octanol–water partition coefficient (Wildman–Crippen LogP) is 0.704. The Kier molecular flexibility index (Phi) is 3.48. The van der Waals surface area contributed by atoms with E-state index in [-0.39, 0.29) is 13.2 Å². The zero-order chi connectivity index (χ0) is 10.7. The molecule has 0 aromatic heterocycles. The lowest BCUT2D eigenvalue weighted by atomic mass is 9.73. The van der Waals surface area contributed by atoms with Gasteiger partial charge in [-0.1, -0.05) is 6.92 Å². The maximum absolute atomic E-state index is 10.3. The molecule has 80 valence electrons. The van der Waals surface area contributed by atoms with Gasteiger partial charge in [-0.05, 0) is 13.3 Å². The second-order valence-corrected chi connectivity index (χ2v) is 3.93. The molecule has 0 amide bonds. The molecule has 0 aliphatic carbocycles. The molecular formula is C10H17NO3. The predicted molar refractivity (Wildman–Crippen MR) is 50.6 cm³/mol. The van der Waals surface area contributed by atoms with Crippen LogP contribution in [-0.4, -0.2) is 37.1 Å². The Morgan fingerprint density at radius 2 is 1.93 bits per heavy atom. The number of nitriles is 1. The first-order valence-electron chi connectivity index (χ1n) is 4.87. The average molecular weight is 199 g/mol. The van der Waals surface area contributed by atoms with Gasteiger partial charge >= 0.3 is 0 Å². The molecule has 0 aromatic carbocycles. The van der Waals surface area contributed by atoms with E-state index in [1.165, 1.54) is 0 Å². The highest BCUT2D eigenvalue weighted by Gasteiger charge is 2.47. The zero-order valence-corrected chi connectivity index (χ0v) is 8.75. The number of aliphatic hydroxyl groups is 1. The third-order valence-electron chi connectivity index (χ3n) is 3.03. The fourth-order valence-corrected chi connectivity index (χ4v) is 1.47. The van der Waals surface area contributed by atoms with E-state index in [1.807, 2.05) is 6.92 Å². The highest BCUT2D eigenvalue weighted by atomic mass is 16.6. The van der Waals surface area contributed by atoms with Crippen molar-refractivity contribution < 1.29 is 14.6 Å². The molecule has 0 radical (unpaired) electrons. The van der Waals surface area contributed by atoms with Crippen molar-refractivity contribution in [3.63, 3.8) is 0 Å². The van der Waals surface area contributed by atoms with Crippen molar-refractivity contribution in [1.82, 2.24) is 0 Å². The van der Waals surface area contributed by atoms with Crippen molar-refractivity contribution in [2.24, 2.45) is 5.41 Å². The van der Waals surface area contributed by atoms with Gasteiger partial charge in [-0.2, -0.15) is 5.26 Å². The van der Waals surface area contributed by atoms with Gasteiger partial charge in [0.1, 0.15) is 5.60 Å². The fourth-order valence-electron chi connectivity index (χ4n) is 1.47. The van der Waals surface area contributed by atoms with Crippen LogP contribution < -0.4 is 0 Å². The first-order chi connectivity index (χ1) is 6.58. The molecule has 1 rings (SSSR count). The minimum Gasteiger partial charge on any atom is -0.383 e. The minimum absolute atomic E-state index is 0.172. The highest BCUT2D eigenvalue weighted by molar-refractivity contribution is 5.09. The van der Waals surface area contributed by atoms with Gasteiger partial charge in [-0.15, -0.1) is 0 Å². The van der Waals surface area contributed by atoms with E-state index in [2.05, 4.69) is 6.07 Å². The Labute approximate surface area is 84.4 Å². The first kappa shape index (κ1) is 11.4. The summed E-state index contributed by atoms with van der Waals surface area (Å²) in [5.74, 6) is 0. The van der Waals surface area contributed by atoms with Gasteiger partial charge in [0.05, 0.1) is 37.9 Å². The van der Waals surface area contributed by atoms with E-state index >= 15 is 0 Å². The maximum atomic E-state index is 10.3. The van der Waals surface area contributed by atoms with Crippen LogP contribution in [0.3, 0.4) is 0 Å². The van der Waals surface area contributed by atoms with Crippen LogP contribution in [0.4, 0.5) is 0 Å². The Morgan fingerprint density at radius 3 is 2.29 bits per heavy atom. The van der Waals surface area contributed by atoms with Crippen molar-refractivity contribution in [1.29, 1.82) is 5.26 Å². The van der Waals surface area contributed by atoms with Crippen molar-refractivity contribution in [2.75, 3.05) is 26.4 Å². The van der Waals surface area contributed by atoms with E-state index < -0.39 is 11.0 Å². The molecule has 0 bridgehead atoms. The fraction of sp³-hybridized carbons (Fsp3) is 0.900. The standard InChI is InChI=1S/C10H17NO3/c1-3-9(2,6-11)10(12)7-13-4-5-14-8-10/h12H,3-5,7-8H2,1-2H3. The molecule has 1 aliphatic heterocycles. The summed E-state index contributed by atoms with van der Waals surface area (Å²) in [5.41, 5.74) is -2.00. The van der Waals surface area contributed by atoms with Crippen LogP contribution in [-0.2, 0) is 9.47 Å². The monoisotopic (exact) mass is 199 g/mol. The smallest absolute Gasteiger partial charge is 0.129 e. The van der Waals surface area contributed by atoms with Gasteiger partial charge in [0, 0.05) is 0 Å². The minimum atomic E-state index is -1.19. The summed E-state index contributed by atoms with van der Waals surface area (Å²) in [6.45, 7) is 4.92. The molecule has 1 fully saturated rings. The lowest BCUT2D eigenvalue weighted by Crippen LogP contribution is -2.51. The third-order valence-corrected chi connectivity index (χ3v) is 3.03. The van der Waals surface area contributed by atoms with Gasteiger partial charge in [-0.3, -0.25) is 0 Å². The molecule has 14 heavy (non-hydrogen) atoms. The van der Waals surface area contributed by atoms with Gasteiger partial charge in [0.2, 0.25) is 0 Å². The Bertz CT molecular complexity index is 228. The van der Waals surface area contributed by atoms with E-state index in [9.17, 15) is 5.11 Å². The largest absolute Gasteiger partial charge is 0.383 e. The zero-order valence-electron chi connectivity index (χ0n) is 8.75. The molecule has 0 aromatic rings. The van der Waals surface area contributed by atoms with Gasteiger partial charge in [-0.25, -0.2) is 0 Å². The maximum Gasteiger partial charge on any atom is 0.129 e. The molecular weight excluding hydrogens is 182 g/mol. The highest BCUT2D eigenvalue weighted by Crippen LogP contribution is 2.35. The van der Waals surface area contributed by atoms with Crippen LogP contribution in [0.5, 0.6) is 0 Å². The SMILES string of the molecule is CCC(C)(C#N)C1(O)COCCOC1. The quantitative estimate of drug-likeness (QED) is 0.711. The van der Waals surface area contributed by atoms with Gasteiger partial charge in [0.15, 0.2) is 0 Å². The topological polar surface area (TPSA) is 62.5 Å². The molecule has 0 saturated carbocycles. The summed E-state index contributed by atoms with van der Waals surface area (Å²) in [4.78, 5) is 0. The molecule has 1 saturated heterocycles. The molecule has 1 N–H and O–H groups in total. The number of hydrogen-bond donors (Lipinski definition) is 1. The van der Waals surface area contributed by atoms with Crippen LogP contribution >= 0.6 is 0 Å². The van der Waals surface area contributed by atoms with Crippen LogP contribution in [0.25, 0.3) is 0 Å². The second kappa shape index (κ2) is 4.26. The average Bonchev–Trinajstić information content (AvgIpc) is 2.43. The third kappa shape index (κ3) is 1.90. The molecule has 0 spiro atoms. The van der Waals surface area contributed by atoms with Crippen LogP contribution in [0.2, 0.25) is 0 Å². The number of nitrogens with zero attached hydrogens (tertiary/aromatic N) is 1. The van der Waals surface area contributed by atoms with E-state index in [0.717, 1.165) is 0 Å². The van der Waals surface area contributed by atoms with Crippen molar-refractivity contribution in [3.05, 3.63) is 0 Å². The Balaban J connectivity index is 2.85. The van der Waals surface area contributed by atoms with Crippen LogP contribution in [0.1, 0.15) is 20.3 Å². The van der Waals surface area contributed by atoms with E-state index in [1.54, 1.807) is 6.92 Å². The van der Waals surface area contributed by atoms with E-state index in [0.29, 0.717) is 19.6 Å². The second-order valence-electron chi connectivity index (χ2n) is 3.93. The molecule has 4 nitrogen and oxygen atoms in total. The Hall–Kier alpha value is -0.630.